The van der Waals surface area contributed by atoms with Crippen LogP contribution in [-0.2, 0) is 11.2 Å². The van der Waals surface area contributed by atoms with Crippen LogP contribution in [0.3, 0.4) is 0 Å². The van der Waals surface area contributed by atoms with Gasteiger partial charge in [0.05, 0.1) is 6.10 Å². The number of hydrogen-bond donors (Lipinski definition) is 3. The number of carbonyl (C=O) groups excluding carboxylic acids is 1. The van der Waals surface area contributed by atoms with E-state index in [4.69, 9.17) is 4.74 Å². The lowest BCUT2D eigenvalue weighted by atomic mass is 9.96. The summed E-state index contributed by atoms with van der Waals surface area (Å²) < 4.78 is 5.37. The van der Waals surface area contributed by atoms with Crippen molar-refractivity contribution < 1.29 is 14.6 Å². The van der Waals surface area contributed by atoms with E-state index in [2.05, 4.69) is 10.6 Å². The van der Waals surface area contributed by atoms with Gasteiger partial charge in [-0.3, -0.25) is 4.79 Å². The van der Waals surface area contributed by atoms with Crippen LogP contribution in [0.5, 0.6) is 0 Å². The Balaban J connectivity index is 1.65. The summed E-state index contributed by atoms with van der Waals surface area (Å²) in [6.07, 6.45) is 2.40. The van der Waals surface area contributed by atoms with Crippen LogP contribution in [0.4, 0.5) is 5.69 Å². The molecular formula is C16H22N2O3. The van der Waals surface area contributed by atoms with Crippen molar-refractivity contribution in [3.8, 4) is 0 Å². The number of carbonyl (C=O) groups is 1. The van der Waals surface area contributed by atoms with Gasteiger partial charge in [0.1, 0.15) is 5.60 Å². The lowest BCUT2D eigenvalue weighted by molar-refractivity contribution is -0.0251. The normalized spacial score (nSPS) is 27.8. The molecule has 5 nitrogen and oxygen atoms in total. The number of benzene rings is 1. The number of ether oxygens (including phenoxy) is 1. The van der Waals surface area contributed by atoms with E-state index in [9.17, 15) is 9.90 Å². The lowest BCUT2D eigenvalue weighted by Gasteiger charge is -2.26. The molecule has 1 aromatic carbocycles. The molecule has 1 saturated heterocycles. The number of amides is 1. The highest BCUT2D eigenvalue weighted by molar-refractivity contribution is 5.95. The summed E-state index contributed by atoms with van der Waals surface area (Å²) in [6, 6.07) is 5.72. The van der Waals surface area contributed by atoms with Crippen LogP contribution in [0.25, 0.3) is 0 Å². The molecule has 3 rings (SSSR count). The molecule has 0 spiro atoms. The van der Waals surface area contributed by atoms with Crippen molar-refractivity contribution in [1.29, 1.82) is 0 Å². The molecule has 0 aromatic heterocycles. The third-order valence-corrected chi connectivity index (χ3v) is 4.52. The van der Waals surface area contributed by atoms with Gasteiger partial charge in [-0.25, -0.2) is 0 Å². The standard InChI is InChI=1S/C16H22N2O3/c1-11-16(20,6-8-21-11)10-18-15(19)13-4-5-14-12(9-13)3-2-7-17-14/h4-5,9,11,17,20H,2-3,6-8,10H2,1H3,(H,18,19). The zero-order chi connectivity index (χ0) is 14.9. The van der Waals surface area contributed by atoms with Gasteiger partial charge >= 0.3 is 0 Å². The second kappa shape index (κ2) is 5.66. The zero-order valence-corrected chi connectivity index (χ0v) is 12.3. The molecule has 1 amide bonds. The van der Waals surface area contributed by atoms with Gasteiger partial charge < -0.3 is 20.5 Å². The number of anilines is 1. The van der Waals surface area contributed by atoms with Crippen LogP contribution < -0.4 is 10.6 Å². The molecule has 2 atom stereocenters. The van der Waals surface area contributed by atoms with E-state index in [0.717, 1.165) is 25.1 Å². The van der Waals surface area contributed by atoms with E-state index in [-0.39, 0.29) is 18.6 Å². The van der Waals surface area contributed by atoms with Crippen molar-refractivity contribution in [2.75, 3.05) is 25.0 Å². The van der Waals surface area contributed by atoms with Crippen LogP contribution in [0, 0.1) is 0 Å². The molecule has 5 heteroatoms. The maximum absolute atomic E-state index is 12.3. The molecule has 2 aliphatic rings. The molecule has 3 N–H and O–H groups in total. The molecule has 2 heterocycles. The van der Waals surface area contributed by atoms with Gasteiger partial charge in [0, 0.05) is 37.4 Å². The highest BCUT2D eigenvalue weighted by Crippen LogP contribution is 2.25. The topological polar surface area (TPSA) is 70.6 Å². The number of fused-ring (bicyclic) bond motifs is 1. The van der Waals surface area contributed by atoms with Crippen LogP contribution in [0.15, 0.2) is 18.2 Å². The SMILES string of the molecule is CC1OCCC1(O)CNC(=O)c1ccc2c(c1)CCCN2. The quantitative estimate of drug-likeness (QED) is 0.785. The average molecular weight is 290 g/mol. The molecule has 1 fully saturated rings. The molecule has 0 bridgehead atoms. The lowest BCUT2D eigenvalue weighted by Crippen LogP contribution is -2.47. The predicted molar refractivity (Wildman–Crippen MR) is 80.6 cm³/mol. The fourth-order valence-corrected chi connectivity index (χ4v) is 2.95. The summed E-state index contributed by atoms with van der Waals surface area (Å²) in [5, 5.41) is 16.6. The third-order valence-electron chi connectivity index (χ3n) is 4.52. The number of hydrogen-bond acceptors (Lipinski definition) is 4. The van der Waals surface area contributed by atoms with E-state index in [1.165, 1.54) is 5.56 Å². The number of aliphatic hydroxyl groups is 1. The summed E-state index contributed by atoms with van der Waals surface area (Å²) >= 11 is 0. The summed E-state index contributed by atoms with van der Waals surface area (Å²) in [6.45, 7) is 3.59. The molecule has 1 aromatic rings. The van der Waals surface area contributed by atoms with Crippen molar-refractivity contribution >= 4 is 11.6 Å². The number of aryl methyl sites for hydroxylation is 1. The predicted octanol–water partition coefficient (Wildman–Crippen LogP) is 1.31. The smallest absolute Gasteiger partial charge is 0.251 e. The van der Waals surface area contributed by atoms with Crippen molar-refractivity contribution in [1.82, 2.24) is 5.32 Å². The van der Waals surface area contributed by atoms with Gasteiger partial charge in [-0.05, 0) is 43.5 Å². The van der Waals surface area contributed by atoms with Gasteiger partial charge in [-0.15, -0.1) is 0 Å². The number of rotatable bonds is 3. The Morgan fingerprint density at radius 3 is 3.19 bits per heavy atom. The Morgan fingerprint density at radius 1 is 1.57 bits per heavy atom. The summed E-state index contributed by atoms with van der Waals surface area (Å²) in [7, 11) is 0. The molecule has 0 radical (unpaired) electrons. The van der Waals surface area contributed by atoms with Crippen LogP contribution in [0.1, 0.15) is 35.7 Å². The molecule has 21 heavy (non-hydrogen) atoms. The summed E-state index contributed by atoms with van der Waals surface area (Å²) in [4.78, 5) is 12.3. The third kappa shape index (κ3) is 2.89. The van der Waals surface area contributed by atoms with E-state index >= 15 is 0 Å². The number of nitrogens with one attached hydrogen (secondary N) is 2. The van der Waals surface area contributed by atoms with Gasteiger partial charge in [0.25, 0.3) is 5.91 Å². The van der Waals surface area contributed by atoms with E-state index in [0.29, 0.717) is 18.6 Å². The Hall–Kier alpha value is -1.59. The second-order valence-electron chi connectivity index (χ2n) is 5.95. The van der Waals surface area contributed by atoms with Crippen LogP contribution >= 0.6 is 0 Å². The van der Waals surface area contributed by atoms with Crippen LogP contribution in [0.2, 0.25) is 0 Å². The molecule has 2 aliphatic heterocycles. The van der Waals surface area contributed by atoms with Crippen molar-refractivity contribution in [3.05, 3.63) is 29.3 Å². The van der Waals surface area contributed by atoms with Crippen LogP contribution in [-0.4, -0.2) is 42.4 Å². The van der Waals surface area contributed by atoms with E-state index in [1.807, 2.05) is 25.1 Å². The fourth-order valence-electron chi connectivity index (χ4n) is 2.95. The molecular weight excluding hydrogens is 268 g/mol. The maximum Gasteiger partial charge on any atom is 0.251 e. The second-order valence-corrected chi connectivity index (χ2v) is 5.95. The zero-order valence-electron chi connectivity index (χ0n) is 12.3. The molecule has 114 valence electrons. The molecule has 0 aliphatic carbocycles. The monoisotopic (exact) mass is 290 g/mol. The Morgan fingerprint density at radius 2 is 2.43 bits per heavy atom. The first-order chi connectivity index (χ1) is 10.1. The van der Waals surface area contributed by atoms with Gasteiger partial charge in [-0.1, -0.05) is 0 Å². The van der Waals surface area contributed by atoms with Crippen molar-refractivity contribution in [2.45, 2.75) is 37.9 Å². The Bertz CT molecular complexity index is 546. The fraction of sp³-hybridized carbons (Fsp3) is 0.562. The van der Waals surface area contributed by atoms with Gasteiger partial charge in [0.2, 0.25) is 0 Å². The first-order valence-corrected chi connectivity index (χ1v) is 7.57. The van der Waals surface area contributed by atoms with Gasteiger partial charge in [-0.2, -0.15) is 0 Å². The molecule has 2 unspecified atom stereocenters. The first kappa shape index (κ1) is 14.4. The first-order valence-electron chi connectivity index (χ1n) is 7.57. The summed E-state index contributed by atoms with van der Waals surface area (Å²) in [5.74, 6) is -0.143. The minimum absolute atomic E-state index is 0.143. The van der Waals surface area contributed by atoms with E-state index in [1.54, 1.807) is 0 Å². The highest BCUT2D eigenvalue weighted by atomic mass is 16.5. The largest absolute Gasteiger partial charge is 0.385 e. The van der Waals surface area contributed by atoms with Crippen molar-refractivity contribution in [2.24, 2.45) is 0 Å². The average Bonchev–Trinajstić information content (AvgIpc) is 2.84. The van der Waals surface area contributed by atoms with E-state index < -0.39 is 5.60 Å². The minimum atomic E-state index is -0.953. The highest BCUT2D eigenvalue weighted by Gasteiger charge is 2.39. The molecule has 0 saturated carbocycles. The van der Waals surface area contributed by atoms with Crippen molar-refractivity contribution in [3.63, 3.8) is 0 Å². The van der Waals surface area contributed by atoms with Gasteiger partial charge in [0.15, 0.2) is 0 Å². The Kier molecular flexibility index (Phi) is 3.87. The maximum atomic E-state index is 12.3. The minimum Gasteiger partial charge on any atom is -0.385 e. The Labute approximate surface area is 124 Å². The summed E-state index contributed by atoms with van der Waals surface area (Å²) in [5.41, 5.74) is 2.00.